The number of aliphatic hydroxyl groups is 1. The maximum Gasteiger partial charge on any atom is 0.0767 e. The third-order valence-corrected chi connectivity index (χ3v) is 4.65. The Morgan fingerprint density at radius 1 is 1.44 bits per heavy atom. The number of nitrogens with zero attached hydrogens (tertiary/aromatic N) is 2. The van der Waals surface area contributed by atoms with Crippen LogP contribution in [0.5, 0.6) is 0 Å². The molecule has 18 heavy (non-hydrogen) atoms. The van der Waals surface area contributed by atoms with Crippen molar-refractivity contribution >= 4 is 27.7 Å². The Labute approximate surface area is 122 Å². The average Bonchev–Trinajstić information content (AvgIpc) is 2.64. The van der Waals surface area contributed by atoms with E-state index in [1.165, 1.54) is 5.69 Å². The molecule has 0 spiro atoms. The van der Waals surface area contributed by atoms with Gasteiger partial charge in [0.25, 0.3) is 0 Å². The molecule has 0 bridgehead atoms. The zero-order valence-electron chi connectivity index (χ0n) is 11.1. The molecular weight excluding hydrogens is 314 g/mol. The summed E-state index contributed by atoms with van der Waals surface area (Å²) in [4.78, 5) is 0. The molecule has 0 fully saturated rings. The summed E-state index contributed by atoms with van der Waals surface area (Å²) >= 11 is 5.48. The highest BCUT2D eigenvalue weighted by Gasteiger charge is 2.11. The van der Waals surface area contributed by atoms with Crippen LogP contribution in [-0.2, 0) is 20.0 Å². The first kappa shape index (κ1) is 16.0. The molecule has 0 amide bonds. The molecule has 0 aliphatic rings. The second kappa shape index (κ2) is 8.96. The van der Waals surface area contributed by atoms with Crippen LogP contribution >= 0.6 is 27.7 Å². The second-order valence-corrected chi connectivity index (χ2v) is 6.07. The molecule has 1 aromatic heterocycles. The van der Waals surface area contributed by atoms with E-state index in [1.807, 2.05) is 23.5 Å². The van der Waals surface area contributed by atoms with Gasteiger partial charge in [-0.3, -0.25) is 4.68 Å². The third-order valence-electron chi connectivity index (χ3n) is 2.67. The number of aliphatic hydroxyl groups excluding tert-OH is 1. The highest BCUT2D eigenvalue weighted by atomic mass is 79.9. The fourth-order valence-electron chi connectivity index (χ4n) is 1.63. The maximum atomic E-state index is 8.66. The topological polar surface area (TPSA) is 50.1 Å². The first-order valence-electron chi connectivity index (χ1n) is 6.30. The van der Waals surface area contributed by atoms with Crippen molar-refractivity contribution in [1.29, 1.82) is 0 Å². The SMILES string of the molecule is CCc1nn(C)c(CNCCSCCCO)c1Br. The summed E-state index contributed by atoms with van der Waals surface area (Å²) in [6, 6.07) is 0. The monoisotopic (exact) mass is 335 g/mol. The van der Waals surface area contributed by atoms with Crippen LogP contribution in [-0.4, -0.2) is 39.5 Å². The maximum absolute atomic E-state index is 8.66. The second-order valence-electron chi connectivity index (χ2n) is 4.05. The summed E-state index contributed by atoms with van der Waals surface area (Å²) in [5.41, 5.74) is 2.32. The van der Waals surface area contributed by atoms with E-state index in [0.717, 1.165) is 47.6 Å². The van der Waals surface area contributed by atoms with Crippen LogP contribution in [0.4, 0.5) is 0 Å². The van der Waals surface area contributed by atoms with Gasteiger partial charge in [0.1, 0.15) is 0 Å². The lowest BCUT2D eigenvalue weighted by Crippen LogP contribution is -2.19. The van der Waals surface area contributed by atoms with Crippen LogP contribution in [0.2, 0.25) is 0 Å². The van der Waals surface area contributed by atoms with Crippen molar-refractivity contribution in [2.45, 2.75) is 26.3 Å². The van der Waals surface area contributed by atoms with Gasteiger partial charge in [-0.1, -0.05) is 6.92 Å². The minimum atomic E-state index is 0.294. The Bertz CT molecular complexity index is 357. The average molecular weight is 336 g/mol. The number of aryl methyl sites for hydroxylation is 2. The Morgan fingerprint density at radius 3 is 2.83 bits per heavy atom. The van der Waals surface area contributed by atoms with E-state index in [1.54, 1.807) is 0 Å². The lowest BCUT2D eigenvalue weighted by atomic mass is 10.3. The summed E-state index contributed by atoms with van der Waals surface area (Å²) in [7, 11) is 1.98. The van der Waals surface area contributed by atoms with E-state index in [0.29, 0.717) is 6.61 Å². The predicted octanol–water partition coefficient (Wildman–Crippen LogP) is 1.95. The van der Waals surface area contributed by atoms with Crippen molar-refractivity contribution < 1.29 is 5.11 Å². The number of hydrogen-bond donors (Lipinski definition) is 2. The number of nitrogens with one attached hydrogen (secondary N) is 1. The molecule has 6 heteroatoms. The van der Waals surface area contributed by atoms with Gasteiger partial charge >= 0.3 is 0 Å². The Morgan fingerprint density at radius 2 is 2.22 bits per heavy atom. The summed E-state index contributed by atoms with van der Waals surface area (Å²) < 4.78 is 3.07. The van der Waals surface area contributed by atoms with Gasteiger partial charge in [0.2, 0.25) is 0 Å². The van der Waals surface area contributed by atoms with Crippen LogP contribution in [0.15, 0.2) is 4.47 Å². The van der Waals surface area contributed by atoms with Crippen LogP contribution < -0.4 is 5.32 Å². The lowest BCUT2D eigenvalue weighted by molar-refractivity contribution is 0.296. The number of aromatic nitrogens is 2. The van der Waals surface area contributed by atoms with Crippen molar-refractivity contribution in [3.63, 3.8) is 0 Å². The van der Waals surface area contributed by atoms with Crippen molar-refractivity contribution in [1.82, 2.24) is 15.1 Å². The molecule has 1 aromatic rings. The molecule has 104 valence electrons. The van der Waals surface area contributed by atoms with Crippen LogP contribution in [0.1, 0.15) is 24.7 Å². The fraction of sp³-hybridized carbons (Fsp3) is 0.750. The first-order valence-corrected chi connectivity index (χ1v) is 8.25. The van der Waals surface area contributed by atoms with Gasteiger partial charge in [-0.15, -0.1) is 0 Å². The number of thioether (sulfide) groups is 1. The van der Waals surface area contributed by atoms with E-state index in [4.69, 9.17) is 5.11 Å². The zero-order valence-corrected chi connectivity index (χ0v) is 13.5. The van der Waals surface area contributed by atoms with Gasteiger partial charge in [0, 0.05) is 32.5 Å². The Kier molecular flexibility index (Phi) is 7.97. The molecule has 0 saturated heterocycles. The molecule has 1 rings (SSSR count). The predicted molar refractivity (Wildman–Crippen MR) is 81.0 cm³/mol. The number of hydrogen-bond acceptors (Lipinski definition) is 4. The smallest absolute Gasteiger partial charge is 0.0767 e. The fourth-order valence-corrected chi connectivity index (χ4v) is 3.21. The normalized spacial score (nSPS) is 11.1. The van der Waals surface area contributed by atoms with Crippen molar-refractivity contribution in [3.05, 3.63) is 15.9 Å². The van der Waals surface area contributed by atoms with Crippen LogP contribution in [0, 0.1) is 0 Å². The Hall–Kier alpha value is -0.0400. The third kappa shape index (κ3) is 4.91. The van der Waals surface area contributed by atoms with Gasteiger partial charge in [0.15, 0.2) is 0 Å². The van der Waals surface area contributed by atoms with Gasteiger partial charge in [-0.25, -0.2) is 0 Å². The summed E-state index contributed by atoms with van der Waals surface area (Å²) in [5.74, 6) is 2.11. The molecular formula is C12H22BrN3OS. The molecule has 0 aliphatic heterocycles. The summed E-state index contributed by atoms with van der Waals surface area (Å²) in [5, 5.41) is 16.5. The molecule has 0 aromatic carbocycles. The molecule has 0 aliphatic carbocycles. The molecule has 2 N–H and O–H groups in total. The molecule has 0 saturated carbocycles. The van der Waals surface area contributed by atoms with Crippen molar-refractivity contribution in [2.75, 3.05) is 24.7 Å². The minimum Gasteiger partial charge on any atom is -0.396 e. The van der Waals surface area contributed by atoms with E-state index in [2.05, 4.69) is 33.3 Å². The van der Waals surface area contributed by atoms with Gasteiger partial charge in [-0.2, -0.15) is 16.9 Å². The molecule has 4 nitrogen and oxygen atoms in total. The van der Waals surface area contributed by atoms with E-state index in [9.17, 15) is 0 Å². The number of halogens is 1. The van der Waals surface area contributed by atoms with E-state index < -0.39 is 0 Å². The zero-order chi connectivity index (χ0) is 13.4. The standard InChI is InChI=1S/C12H22BrN3OS/c1-3-10-12(13)11(16(2)15-10)9-14-5-8-18-7-4-6-17/h14,17H,3-9H2,1-2H3. The van der Waals surface area contributed by atoms with E-state index in [-0.39, 0.29) is 0 Å². The van der Waals surface area contributed by atoms with Gasteiger partial charge < -0.3 is 10.4 Å². The Balaban J connectivity index is 2.25. The highest BCUT2D eigenvalue weighted by molar-refractivity contribution is 9.10. The summed E-state index contributed by atoms with van der Waals surface area (Å²) in [6.07, 6.45) is 1.84. The van der Waals surface area contributed by atoms with Crippen LogP contribution in [0.3, 0.4) is 0 Å². The van der Waals surface area contributed by atoms with E-state index >= 15 is 0 Å². The van der Waals surface area contributed by atoms with Crippen molar-refractivity contribution in [3.8, 4) is 0 Å². The van der Waals surface area contributed by atoms with Crippen LogP contribution in [0.25, 0.3) is 0 Å². The van der Waals surface area contributed by atoms with Gasteiger partial charge in [0.05, 0.1) is 15.9 Å². The molecule has 0 unspecified atom stereocenters. The minimum absolute atomic E-state index is 0.294. The molecule has 1 heterocycles. The molecule has 0 atom stereocenters. The summed E-state index contributed by atoms with van der Waals surface area (Å²) in [6.45, 7) is 4.23. The molecule has 0 radical (unpaired) electrons. The van der Waals surface area contributed by atoms with Crippen molar-refractivity contribution in [2.24, 2.45) is 7.05 Å². The lowest BCUT2D eigenvalue weighted by Gasteiger charge is -2.05. The quantitative estimate of drug-likeness (QED) is 0.677. The number of rotatable bonds is 9. The van der Waals surface area contributed by atoms with Gasteiger partial charge in [-0.05, 0) is 34.5 Å². The largest absolute Gasteiger partial charge is 0.396 e. The highest BCUT2D eigenvalue weighted by Crippen LogP contribution is 2.21. The first-order chi connectivity index (χ1) is 8.70.